The Bertz CT molecular complexity index is 1050. The van der Waals surface area contributed by atoms with E-state index in [1.54, 1.807) is 27.7 Å². The lowest BCUT2D eigenvalue weighted by Crippen LogP contribution is -2.38. The maximum absolute atomic E-state index is 12.9. The zero-order valence-corrected chi connectivity index (χ0v) is 20.5. The lowest BCUT2D eigenvalue weighted by molar-refractivity contribution is -0.153. The summed E-state index contributed by atoms with van der Waals surface area (Å²) in [4.78, 5) is 29.0. The highest BCUT2D eigenvalue weighted by Gasteiger charge is 2.31. The van der Waals surface area contributed by atoms with Crippen LogP contribution in [0.2, 0.25) is 0 Å². The molecule has 0 unspecified atom stereocenters. The predicted molar refractivity (Wildman–Crippen MR) is 121 cm³/mol. The van der Waals surface area contributed by atoms with Crippen LogP contribution < -0.4 is 15.4 Å². The third kappa shape index (κ3) is 10.6. The zero-order valence-electron chi connectivity index (χ0n) is 20.5. The Balaban J connectivity index is 2.10. The van der Waals surface area contributed by atoms with E-state index in [1.807, 2.05) is 0 Å². The molecule has 2 rings (SSSR count). The smallest absolute Gasteiger partial charge is 0.422 e. The average Bonchev–Trinajstić information content (AvgIpc) is 2.75. The number of amides is 2. The Morgan fingerprint density at radius 3 is 2.05 bits per heavy atom. The third-order valence-electron chi connectivity index (χ3n) is 4.70. The summed E-state index contributed by atoms with van der Waals surface area (Å²) in [6, 6.07) is 4.94. The fraction of sp³-hybridized carbons (Fsp3) is 0.458. The quantitative estimate of drug-likeness (QED) is 0.413. The summed E-state index contributed by atoms with van der Waals surface area (Å²) in [7, 11) is 0. The van der Waals surface area contributed by atoms with Crippen molar-refractivity contribution in [2.75, 3.05) is 6.61 Å². The van der Waals surface area contributed by atoms with E-state index in [0.29, 0.717) is 5.69 Å². The number of ether oxygens (including phenoxy) is 2. The summed E-state index contributed by atoms with van der Waals surface area (Å²) in [5.74, 6) is -0.684. The second-order valence-corrected chi connectivity index (χ2v) is 9.13. The predicted octanol–water partition coefficient (Wildman–Crippen LogP) is 5.87. The zero-order chi connectivity index (χ0) is 28.0. The number of benzene rings is 1. The second-order valence-electron chi connectivity index (χ2n) is 9.13. The molecule has 37 heavy (non-hydrogen) atoms. The van der Waals surface area contributed by atoms with Gasteiger partial charge in [-0.25, -0.2) is 4.79 Å². The Morgan fingerprint density at radius 2 is 1.57 bits per heavy atom. The van der Waals surface area contributed by atoms with Crippen molar-refractivity contribution in [3.8, 4) is 5.75 Å². The molecule has 1 heterocycles. The Labute approximate surface area is 209 Å². The van der Waals surface area contributed by atoms with Gasteiger partial charge in [0, 0.05) is 0 Å². The number of carbonyl (C=O) groups is 2. The molecular formula is C24H27F6N3O4. The molecule has 2 atom stereocenters. The summed E-state index contributed by atoms with van der Waals surface area (Å²) in [5.41, 5.74) is -1.18. The molecule has 7 nitrogen and oxygen atoms in total. The number of alkyl halides is 6. The van der Waals surface area contributed by atoms with Crippen molar-refractivity contribution in [3.63, 3.8) is 0 Å². The number of hydrogen-bond donors (Lipinski definition) is 2. The number of nitrogens with zero attached hydrogens (tertiary/aromatic N) is 1. The van der Waals surface area contributed by atoms with Gasteiger partial charge < -0.3 is 20.1 Å². The molecule has 2 aromatic rings. The molecule has 0 aliphatic carbocycles. The van der Waals surface area contributed by atoms with Gasteiger partial charge in [-0.05, 0) is 57.5 Å². The maximum atomic E-state index is 12.9. The van der Waals surface area contributed by atoms with Crippen LogP contribution in [-0.2, 0) is 15.7 Å². The van der Waals surface area contributed by atoms with E-state index in [0.717, 1.165) is 30.5 Å². The third-order valence-corrected chi connectivity index (χ3v) is 4.70. The molecule has 1 aromatic carbocycles. The van der Waals surface area contributed by atoms with Crippen LogP contribution in [0.15, 0.2) is 42.6 Å². The molecule has 0 aliphatic rings. The number of pyridine rings is 1. The van der Waals surface area contributed by atoms with E-state index in [-0.39, 0.29) is 17.7 Å². The van der Waals surface area contributed by atoms with E-state index in [2.05, 4.69) is 20.4 Å². The SMILES string of the molecule is C[C@@H](NC(=O)C[C@@H](NC(=O)OC(C)(C)C)c1ccc(C(F)(F)F)cc1)c1ccc(OCC(F)(F)F)cn1. The molecule has 13 heteroatoms. The molecule has 0 saturated carbocycles. The highest BCUT2D eigenvalue weighted by atomic mass is 19.4. The Hall–Kier alpha value is -3.51. The molecule has 2 amide bonds. The average molecular weight is 535 g/mol. The number of aromatic nitrogens is 1. The number of hydrogen-bond acceptors (Lipinski definition) is 5. The fourth-order valence-corrected chi connectivity index (χ4v) is 3.06. The summed E-state index contributed by atoms with van der Waals surface area (Å²) in [5, 5.41) is 5.13. The molecule has 0 radical (unpaired) electrons. The summed E-state index contributed by atoms with van der Waals surface area (Å²) in [6.07, 6.45) is -9.19. The minimum atomic E-state index is -4.56. The van der Waals surface area contributed by atoms with Gasteiger partial charge in [-0.15, -0.1) is 0 Å². The first-order valence-corrected chi connectivity index (χ1v) is 11.0. The first kappa shape index (κ1) is 29.7. The van der Waals surface area contributed by atoms with Crippen LogP contribution in [0.4, 0.5) is 31.1 Å². The first-order valence-electron chi connectivity index (χ1n) is 11.0. The van der Waals surface area contributed by atoms with Crippen LogP contribution in [0.25, 0.3) is 0 Å². The number of rotatable bonds is 8. The van der Waals surface area contributed by atoms with E-state index >= 15 is 0 Å². The van der Waals surface area contributed by atoms with Gasteiger partial charge in [0.2, 0.25) is 5.91 Å². The lowest BCUT2D eigenvalue weighted by Gasteiger charge is -2.24. The largest absolute Gasteiger partial charge is 0.483 e. The molecule has 0 spiro atoms. The minimum absolute atomic E-state index is 0.108. The van der Waals surface area contributed by atoms with Crippen LogP contribution in [0.3, 0.4) is 0 Å². The molecule has 2 N–H and O–H groups in total. The molecule has 0 fully saturated rings. The maximum Gasteiger partial charge on any atom is 0.422 e. The van der Waals surface area contributed by atoms with Crippen LogP contribution >= 0.6 is 0 Å². The van der Waals surface area contributed by atoms with Crippen molar-refractivity contribution in [3.05, 3.63) is 59.4 Å². The Morgan fingerprint density at radius 1 is 0.946 bits per heavy atom. The van der Waals surface area contributed by atoms with Crippen LogP contribution in [0, 0.1) is 0 Å². The second kappa shape index (κ2) is 11.7. The molecule has 0 saturated heterocycles. The number of halogens is 6. The van der Waals surface area contributed by atoms with Gasteiger partial charge in [-0.1, -0.05) is 12.1 Å². The normalized spacial score (nSPS) is 13.9. The van der Waals surface area contributed by atoms with E-state index in [1.165, 1.54) is 12.1 Å². The molecule has 0 aliphatic heterocycles. The van der Waals surface area contributed by atoms with Crippen LogP contribution in [0.5, 0.6) is 5.75 Å². The van der Waals surface area contributed by atoms with Crippen molar-refractivity contribution in [2.45, 2.75) is 64.2 Å². The van der Waals surface area contributed by atoms with Crippen molar-refractivity contribution in [2.24, 2.45) is 0 Å². The number of carbonyl (C=O) groups excluding carboxylic acids is 2. The monoisotopic (exact) mass is 535 g/mol. The number of alkyl carbamates (subject to hydrolysis) is 1. The van der Waals surface area contributed by atoms with Gasteiger partial charge in [0.25, 0.3) is 0 Å². The van der Waals surface area contributed by atoms with Crippen LogP contribution in [-0.4, -0.2) is 35.4 Å². The van der Waals surface area contributed by atoms with Gasteiger partial charge in [0.05, 0.1) is 36.0 Å². The molecule has 1 aromatic heterocycles. The van der Waals surface area contributed by atoms with Gasteiger partial charge in [-0.2, -0.15) is 26.3 Å². The van der Waals surface area contributed by atoms with Gasteiger partial charge in [0.1, 0.15) is 11.4 Å². The number of nitrogens with one attached hydrogen (secondary N) is 2. The topological polar surface area (TPSA) is 89.6 Å². The van der Waals surface area contributed by atoms with Crippen molar-refractivity contribution < 1.29 is 45.4 Å². The fourth-order valence-electron chi connectivity index (χ4n) is 3.06. The van der Waals surface area contributed by atoms with Crippen molar-refractivity contribution in [1.29, 1.82) is 0 Å². The summed E-state index contributed by atoms with van der Waals surface area (Å²) < 4.78 is 85.4. The summed E-state index contributed by atoms with van der Waals surface area (Å²) in [6.45, 7) is 4.98. The van der Waals surface area contributed by atoms with Crippen molar-refractivity contribution >= 4 is 12.0 Å². The van der Waals surface area contributed by atoms with E-state index in [4.69, 9.17) is 4.74 Å². The van der Waals surface area contributed by atoms with Crippen molar-refractivity contribution in [1.82, 2.24) is 15.6 Å². The molecular weight excluding hydrogens is 508 g/mol. The van der Waals surface area contributed by atoms with E-state index in [9.17, 15) is 35.9 Å². The highest BCUT2D eigenvalue weighted by molar-refractivity contribution is 5.78. The first-order chi connectivity index (χ1) is 16.9. The van der Waals surface area contributed by atoms with Gasteiger partial charge in [-0.3, -0.25) is 9.78 Å². The van der Waals surface area contributed by atoms with Crippen LogP contribution in [0.1, 0.15) is 63.0 Å². The standard InChI is InChI=1S/C24H27F6N3O4/c1-14(18-10-9-17(12-31-18)36-13-23(25,26)27)32-20(34)11-19(33-21(35)37-22(2,3)4)15-5-7-16(8-6-15)24(28,29)30/h5-10,12,14,19H,11,13H2,1-4H3,(H,32,34)(H,33,35)/t14-,19-/m1/s1. The lowest BCUT2D eigenvalue weighted by atomic mass is 10.0. The summed E-state index contributed by atoms with van der Waals surface area (Å²) >= 11 is 0. The highest BCUT2D eigenvalue weighted by Crippen LogP contribution is 2.30. The Kier molecular flexibility index (Phi) is 9.39. The minimum Gasteiger partial charge on any atom is -0.483 e. The molecule has 0 bridgehead atoms. The molecule has 204 valence electrons. The van der Waals surface area contributed by atoms with Gasteiger partial charge >= 0.3 is 18.4 Å². The van der Waals surface area contributed by atoms with E-state index < -0.39 is 54.2 Å². The van der Waals surface area contributed by atoms with Gasteiger partial charge in [0.15, 0.2) is 6.61 Å².